The highest BCUT2D eigenvalue weighted by Crippen LogP contribution is 2.21. The maximum absolute atomic E-state index is 12.9. The third kappa shape index (κ3) is 4.70. The summed E-state index contributed by atoms with van der Waals surface area (Å²) in [5, 5.41) is 2.86. The maximum atomic E-state index is 12.9. The number of aromatic nitrogens is 2. The number of benzene rings is 3. The van der Waals surface area contributed by atoms with Gasteiger partial charge in [0.1, 0.15) is 12.1 Å². The van der Waals surface area contributed by atoms with Gasteiger partial charge in [-0.25, -0.2) is 9.97 Å². The predicted molar refractivity (Wildman–Crippen MR) is 122 cm³/mol. The van der Waals surface area contributed by atoms with Crippen molar-refractivity contribution in [2.75, 3.05) is 7.11 Å². The summed E-state index contributed by atoms with van der Waals surface area (Å²) in [6, 6.07) is 25.1. The highest BCUT2D eigenvalue weighted by molar-refractivity contribution is 6.15. The molecule has 0 fully saturated rings. The topological polar surface area (TPSA) is 81.2 Å². The molecule has 1 amide bonds. The van der Waals surface area contributed by atoms with Crippen LogP contribution in [0, 0.1) is 0 Å². The first kappa shape index (κ1) is 20.9. The van der Waals surface area contributed by atoms with Crippen molar-refractivity contribution in [3.05, 3.63) is 114 Å². The number of nitrogens with one attached hydrogen (secondary N) is 1. The molecule has 0 aliphatic carbocycles. The number of amides is 1. The normalized spacial score (nSPS) is 10.4. The first-order valence-electron chi connectivity index (χ1n) is 10.1. The van der Waals surface area contributed by atoms with E-state index in [9.17, 15) is 9.59 Å². The molecule has 1 heterocycles. The lowest BCUT2D eigenvalue weighted by Gasteiger charge is -2.10. The second-order valence-corrected chi connectivity index (χ2v) is 7.05. The van der Waals surface area contributed by atoms with Crippen LogP contribution in [-0.2, 0) is 6.54 Å². The van der Waals surface area contributed by atoms with Gasteiger partial charge in [0.05, 0.1) is 30.6 Å². The fourth-order valence-electron chi connectivity index (χ4n) is 3.30. The molecular weight excluding hydrogens is 402 g/mol. The smallest absolute Gasteiger partial charge is 0.252 e. The molecule has 4 rings (SSSR count). The Hall–Kier alpha value is -4.32. The molecule has 6 heteroatoms. The van der Waals surface area contributed by atoms with Gasteiger partial charge in [-0.1, -0.05) is 48.5 Å². The molecule has 158 valence electrons. The standard InChI is InChI=1S/C26H21N3O3/c1-32-21-13-11-18(12-14-21)24-15-20(28-17-29-24)16-27-26(31)23-10-6-5-9-22(23)25(30)19-7-3-2-4-8-19/h2-15,17H,16H2,1H3,(H,27,31). The van der Waals surface area contributed by atoms with E-state index in [0.29, 0.717) is 22.4 Å². The van der Waals surface area contributed by atoms with E-state index >= 15 is 0 Å². The van der Waals surface area contributed by atoms with E-state index in [4.69, 9.17) is 4.74 Å². The molecule has 0 atom stereocenters. The number of rotatable bonds is 7. The summed E-state index contributed by atoms with van der Waals surface area (Å²) in [4.78, 5) is 34.3. The van der Waals surface area contributed by atoms with Gasteiger partial charge in [0.2, 0.25) is 0 Å². The van der Waals surface area contributed by atoms with Crippen LogP contribution in [0.1, 0.15) is 32.0 Å². The number of methoxy groups -OCH3 is 1. The molecular formula is C26H21N3O3. The van der Waals surface area contributed by atoms with Gasteiger partial charge in [0.15, 0.2) is 5.78 Å². The number of carbonyl (C=O) groups excluding carboxylic acids is 2. The molecule has 0 saturated carbocycles. The second kappa shape index (κ2) is 9.66. The number of hydrogen-bond donors (Lipinski definition) is 1. The highest BCUT2D eigenvalue weighted by atomic mass is 16.5. The Morgan fingerprint density at radius 3 is 2.25 bits per heavy atom. The molecule has 0 saturated heterocycles. The first-order valence-corrected chi connectivity index (χ1v) is 10.1. The Morgan fingerprint density at radius 2 is 1.53 bits per heavy atom. The lowest BCUT2D eigenvalue weighted by molar-refractivity contribution is 0.0939. The van der Waals surface area contributed by atoms with Crippen LogP contribution in [0.3, 0.4) is 0 Å². The van der Waals surface area contributed by atoms with E-state index in [-0.39, 0.29) is 18.2 Å². The average Bonchev–Trinajstić information content (AvgIpc) is 2.87. The van der Waals surface area contributed by atoms with Crippen molar-refractivity contribution in [2.45, 2.75) is 6.54 Å². The largest absolute Gasteiger partial charge is 0.497 e. The summed E-state index contributed by atoms with van der Waals surface area (Å²) < 4.78 is 5.19. The number of ketones is 1. The zero-order valence-electron chi connectivity index (χ0n) is 17.5. The van der Waals surface area contributed by atoms with Gasteiger partial charge in [-0.2, -0.15) is 0 Å². The van der Waals surface area contributed by atoms with Gasteiger partial charge in [-0.3, -0.25) is 9.59 Å². The Bertz CT molecular complexity index is 1240. The Kier molecular flexibility index (Phi) is 6.32. The van der Waals surface area contributed by atoms with E-state index in [1.807, 2.05) is 36.4 Å². The van der Waals surface area contributed by atoms with Gasteiger partial charge in [0.25, 0.3) is 5.91 Å². The number of nitrogens with zero attached hydrogens (tertiary/aromatic N) is 2. The highest BCUT2D eigenvalue weighted by Gasteiger charge is 2.18. The third-order valence-electron chi connectivity index (χ3n) is 4.99. The summed E-state index contributed by atoms with van der Waals surface area (Å²) in [6.45, 7) is 0.207. The van der Waals surface area contributed by atoms with Crippen LogP contribution in [0.25, 0.3) is 11.3 Å². The van der Waals surface area contributed by atoms with E-state index in [0.717, 1.165) is 17.0 Å². The molecule has 0 spiro atoms. The van der Waals surface area contributed by atoms with Crippen molar-refractivity contribution in [1.82, 2.24) is 15.3 Å². The zero-order chi connectivity index (χ0) is 22.3. The molecule has 1 N–H and O–H groups in total. The van der Waals surface area contributed by atoms with Crippen molar-refractivity contribution < 1.29 is 14.3 Å². The average molecular weight is 423 g/mol. The minimum atomic E-state index is -0.338. The van der Waals surface area contributed by atoms with Crippen LogP contribution in [0.2, 0.25) is 0 Å². The minimum absolute atomic E-state index is 0.194. The first-order chi connectivity index (χ1) is 15.7. The van der Waals surface area contributed by atoms with Gasteiger partial charge < -0.3 is 10.1 Å². The van der Waals surface area contributed by atoms with Crippen molar-refractivity contribution in [2.24, 2.45) is 0 Å². The zero-order valence-corrected chi connectivity index (χ0v) is 17.5. The van der Waals surface area contributed by atoms with Crippen molar-refractivity contribution >= 4 is 11.7 Å². The van der Waals surface area contributed by atoms with Crippen LogP contribution in [0.4, 0.5) is 0 Å². The van der Waals surface area contributed by atoms with Gasteiger partial charge in [-0.15, -0.1) is 0 Å². The lowest BCUT2D eigenvalue weighted by atomic mass is 9.98. The van der Waals surface area contributed by atoms with Crippen LogP contribution in [-0.4, -0.2) is 28.8 Å². The summed E-state index contributed by atoms with van der Waals surface area (Å²) in [5.74, 6) is 0.230. The Labute approximate surface area is 185 Å². The molecule has 0 aliphatic rings. The van der Waals surface area contributed by atoms with Gasteiger partial charge in [0, 0.05) is 16.7 Å². The van der Waals surface area contributed by atoms with E-state index in [2.05, 4.69) is 15.3 Å². The minimum Gasteiger partial charge on any atom is -0.497 e. The molecule has 0 bridgehead atoms. The molecule has 6 nitrogen and oxygen atoms in total. The molecule has 0 aliphatic heterocycles. The number of ether oxygens (including phenoxy) is 1. The monoisotopic (exact) mass is 423 g/mol. The maximum Gasteiger partial charge on any atom is 0.252 e. The van der Waals surface area contributed by atoms with Crippen LogP contribution < -0.4 is 10.1 Å². The third-order valence-corrected chi connectivity index (χ3v) is 4.99. The predicted octanol–water partition coefficient (Wildman–Crippen LogP) is 4.31. The summed E-state index contributed by atoms with van der Waals surface area (Å²) in [5.41, 5.74) is 3.54. The quantitative estimate of drug-likeness (QED) is 0.448. The van der Waals surface area contributed by atoms with Gasteiger partial charge >= 0.3 is 0 Å². The SMILES string of the molecule is COc1ccc(-c2cc(CNC(=O)c3ccccc3C(=O)c3ccccc3)ncn2)cc1. The van der Waals surface area contributed by atoms with Crippen molar-refractivity contribution in [1.29, 1.82) is 0 Å². The molecule has 32 heavy (non-hydrogen) atoms. The second-order valence-electron chi connectivity index (χ2n) is 7.05. The van der Waals surface area contributed by atoms with E-state index < -0.39 is 0 Å². The molecule has 3 aromatic carbocycles. The molecule has 0 unspecified atom stereocenters. The summed E-state index contributed by atoms with van der Waals surface area (Å²) in [6.07, 6.45) is 1.47. The van der Waals surface area contributed by atoms with Crippen molar-refractivity contribution in [3.63, 3.8) is 0 Å². The van der Waals surface area contributed by atoms with Crippen LogP contribution >= 0.6 is 0 Å². The fraction of sp³-hybridized carbons (Fsp3) is 0.0769. The fourth-order valence-corrected chi connectivity index (χ4v) is 3.30. The van der Waals surface area contributed by atoms with Crippen molar-refractivity contribution in [3.8, 4) is 17.0 Å². The Balaban J connectivity index is 1.49. The molecule has 4 aromatic rings. The van der Waals surface area contributed by atoms with E-state index in [1.54, 1.807) is 55.6 Å². The summed E-state index contributed by atoms with van der Waals surface area (Å²) in [7, 11) is 1.62. The van der Waals surface area contributed by atoms with Crippen LogP contribution in [0.5, 0.6) is 5.75 Å². The molecule has 0 radical (unpaired) electrons. The number of hydrogen-bond acceptors (Lipinski definition) is 5. The lowest BCUT2D eigenvalue weighted by Crippen LogP contribution is -2.25. The number of carbonyl (C=O) groups is 2. The van der Waals surface area contributed by atoms with E-state index in [1.165, 1.54) is 6.33 Å². The molecule has 1 aromatic heterocycles. The summed E-state index contributed by atoms with van der Waals surface area (Å²) >= 11 is 0. The van der Waals surface area contributed by atoms with Crippen LogP contribution in [0.15, 0.2) is 91.3 Å². The van der Waals surface area contributed by atoms with Gasteiger partial charge in [-0.05, 0) is 36.4 Å². The Morgan fingerprint density at radius 1 is 0.844 bits per heavy atom.